The van der Waals surface area contributed by atoms with Crippen molar-refractivity contribution in [1.29, 1.82) is 0 Å². The maximum Gasteiger partial charge on any atom is 0.315 e. The largest absolute Gasteiger partial charge is 0.497 e. The molecule has 0 spiro atoms. The minimum Gasteiger partial charge on any atom is -0.497 e. The highest BCUT2D eigenvalue weighted by atomic mass is 19.1. The second kappa shape index (κ2) is 10.0. The minimum absolute atomic E-state index is 0.0496. The van der Waals surface area contributed by atoms with Gasteiger partial charge in [0, 0.05) is 30.7 Å². The Balaban J connectivity index is 1.24. The molecule has 7 heteroatoms. The maximum absolute atomic E-state index is 13.6. The number of benzene rings is 2. The molecule has 2 aliphatic rings. The first-order valence-electron chi connectivity index (χ1n) is 11.3. The van der Waals surface area contributed by atoms with Crippen LogP contribution >= 0.6 is 0 Å². The van der Waals surface area contributed by atoms with Crippen molar-refractivity contribution in [3.8, 4) is 5.75 Å². The summed E-state index contributed by atoms with van der Waals surface area (Å²) in [4.78, 5) is 27.3. The predicted octanol–water partition coefficient (Wildman–Crippen LogP) is 4.17. The van der Waals surface area contributed by atoms with Crippen molar-refractivity contribution >= 4 is 17.6 Å². The van der Waals surface area contributed by atoms with Crippen LogP contribution < -0.4 is 20.3 Å². The molecule has 0 atom stereocenters. The summed E-state index contributed by atoms with van der Waals surface area (Å²) in [7, 11) is 1.62. The van der Waals surface area contributed by atoms with E-state index in [0.29, 0.717) is 13.1 Å². The Morgan fingerprint density at radius 2 is 1.84 bits per heavy atom. The minimum atomic E-state index is -0.255. The van der Waals surface area contributed by atoms with Gasteiger partial charge in [0.1, 0.15) is 11.6 Å². The Kier molecular flexibility index (Phi) is 6.93. The van der Waals surface area contributed by atoms with E-state index < -0.39 is 0 Å². The number of halogens is 1. The number of methoxy groups -OCH3 is 1. The van der Waals surface area contributed by atoms with E-state index in [2.05, 4.69) is 10.6 Å². The van der Waals surface area contributed by atoms with Crippen LogP contribution in [0.1, 0.15) is 43.2 Å². The first-order valence-corrected chi connectivity index (χ1v) is 11.3. The van der Waals surface area contributed by atoms with Crippen molar-refractivity contribution < 1.29 is 18.7 Å². The zero-order valence-electron chi connectivity index (χ0n) is 18.4. The van der Waals surface area contributed by atoms with Crippen molar-refractivity contribution in [3.63, 3.8) is 0 Å². The third-order valence-electron chi connectivity index (χ3n) is 6.45. The molecule has 2 aromatic carbocycles. The van der Waals surface area contributed by atoms with E-state index in [1.54, 1.807) is 19.2 Å². The Bertz CT molecular complexity index is 955. The number of carbonyl (C=O) groups is 2. The molecule has 0 aromatic heterocycles. The summed E-state index contributed by atoms with van der Waals surface area (Å²) in [5, 5.41) is 5.92. The van der Waals surface area contributed by atoms with E-state index in [4.69, 9.17) is 4.74 Å². The molecule has 170 valence electrons. The molecule has 1 aliphatic heterocycles. The number of nitrogens with zero attached hydrogens (tertiary/aromatic N) is 1. The van der Waals surface area contributed by atoms with Crippen LogP contribution in [0, 0.1) is 11.7 Å². The summed E-state index contributed by atoms with van der Waals surface area (Å²) in [6.07, 6.45) is 4.70. The molecule has 0 radical (unpaired) electrons. The molecule has 1 aliphatic carbocycles. The quantitative estimate of drug-likeness (QED) is 0.735. The predicted molar refractivity (Wildman–Crippen MR) is 121 cm³/mol. The number of aryl methyl sites for hydroxylation is 1. The molecule has 3 amide bonds. The Labute approximate surface area is 188 Å². The van der Waals surface area contributed by atoms with Crippen LogP contribution in [0.4, 0.5) is 14.9 Å². The molecule has 0 unspecified atom stereocenters. The van der Waals surface area contributed by atoms with Crippen molar-refractivity contribution in [2.75, 3.05) is 18.6 Å². The number of fused-ring (bicyclic) bond motifs is 1. The highest BCUT2D eigenvalue weighted by molar-refractivity contribution is 5.96. The lowest BCUT2D eigenvalue weighted by Crippen LogP contribution is -2.46. The number of anilines is 1. The van der Waals surface area contributed by atoms with Gasteiger partial charge in [0.05, 0.1) is 7.11 Å². The molecule has 1 fully saturated rings. The number of hydrogen-bond acceptors (Lipinski definition) is 3. The van der Waals surface area contributed by atoms with Crippen LogP contribution in [0.15, 0.2) is 42.5 Å². The number of urea groups is 1. The van der Waals surface area contributed by atoms with Gasteiger partial charge in [0.2, 0.25) is 5.91 Å². The van der Waals surface area contributed by atoms with Crippen molar-refractivity contribution in [2.45, 2.75) is 51.1 Å². The highest BCUT2D eigenvalue weighted by Crippen LogP contribution is 2.32. The third kappa shape index (κ3) is 5.21. The number of carbonyl (C=O) groups excluding carboxylic acids is 2. The van der Waals surface area contributed by atoms with Gasteiger partial charge in [-0.05, 0) is 80.0 Å². The number of rotatable bonds is 5. The van der Waals surface area contributed by atoms with Crippen LogP contribution in [0.3, 0.4) is 0 Å². The van der Waals surface area contributed by atoms with Gasteiger partial charge >= 0.3 is 6.03 Å². The molecular formula is C25H30FN3O3. The lowest BCUT2D eigenvalue weighted by molar-refractivity contribution is -0.123. The summed E-state index contributed by atoms with van der Waals surface area (Å²) in [6.45, 7) is 1.13. The summed E-state index contributed by atoms with van der Waals surface area (Å²) >= 11 is 0. The normalized spacial score (nSPS) is 20.2. The molecule has 4 rings (SSSR count). The molecule has 2 aromatic rings. The topological polar surface area (TPSA) is 70.7 Å². The van der Waals surface area contributed by atoms with Crippen molar-refractivity contribution in [1.82, 2.24) is 10.6 Å². The van der Waals surface area contributed by atoms with Crippen LogP contribution in [-0.2, 0) is 17.8 Å². The third-order valence-corrected chi connectivity index (χ3v) is 6.45. The Morgan fingerprint density at radius 3 is 2.56 bits per heavy atom. The summed E-state index contributed by atoms with van der Waals surface area (Å²) in [5.41, 5.74) is 2.76. The Hall–Kier alpha value is -3.09. The Morgan fingerprint density at radius 1 is 1.09 bits per heavy atom. The van der Waals surface area contributed by atoms with Gasteiger partial charge in [-0.2, -0.15) is 0 Å². The van der Waals surface area contributed by atoms with Gasteiger partial charge in [0.15, 0.2) is 0 Å². The van der Waals surface area contributed by atoms with E-state index in [1.165, 1.54) is 6.07 Å². The second-order valence-electron chi connectivity index (χ2n) is 8.59. The number of ether oxygens (including phenoxy) is 1. The first-order chi connectivity index (χ1) is 15.5. The molecule has 6 nitrogen and oxygen atoms in total. The fourth-order valence-electron chi connectivity index (χ4n) is 4.66. The average Bonchev–Trinajstić information content (AvgIpc) is 2.82. The van der Waals surface area contributed by atoms with Crippen LogP contribution in [-0.4, -0.2) is 31.6 Å². The van der Waals surface area contributed by atoms with Crippen molar-refractivity contribution in [2.24, 2.45) is 5.92 Å². The SMILES string of the molecule is COc1ccc(CNC(=O)NC2CCC(C(=O)N3CCCc4cc(F)ccc43)CC2)cc1. The van der Waals surface area contributed by atoms with E-state index in [9.17, 15) is 14.0 Å². The second-order valence-corrected chi connectivity index (χ2v) is 8.59. The lowest BCUT2D eigenvalue weighted by atomic mass is 9.84. The molecule has 1 saturated carbocycles. The summed E-state index contributed by atoms with van der Waals surface area (Å²) in [6, 6.07) is 12.1. The van der Waals surface area contributed by atoms with Crippen LogP contribution in [0.5, 0.6) is 5.75 Å². The van der Waals surface area contributed by atoms with E-state index >= 15 is 0 Å². The van der Waals surface area contributed by atoms with E-state index in [0.717, 1.165) is 61.1 Å². The number of hydrogen-bond donors (Lipinski definition) is 2. The molecular weight excluding hydrogens is 409 g/mol. The van der Waals surface area contributed by atoms with E-state index in [-0.39, 0.29) is 29.7 Å². The van der Waals surface area contributed by atoms with Crippen LogP contribution in [0.2, 0.25) is 0 Å². The molecule has 0 bridgehead atoms. The highest BCUT2D eigenvalue weighted by Gasteiger charge is 2.32. The fraction of sp³-hybridized carbons (Fsp3) is 0.440. The zero-order chi connectivity index (χ0) is 22.5. The zero-order valence-corrected chi connectivity index (χ0v) is 18.4. The average molecular weight is 440 g/mol. The number of nitrogens with one attached hydrogen (secondary N) is 2. The van der Waals surface area contributed by atoms with Gasteiger partial charge < -0.3 is 20.3 Å². The van der Waals surface area contributed by atoms with Gasteiger partial charge in [-0.1, -0.05) is 12.1 Å². The molecule has 1 heterocycles. The number of amides is 3. The monoisotopic (exact) mass is 439 g/mol. The summed E-state index contributed by atoms with van der Waals surface area (Å²) in [5.74, 6) is 0.603. The molecule has 0 saturated heterocycles. The van der Waals surface area contributed by atoms with Gasteiger partial charge in [0.25, 0.3) is 0 Å². The smallest absolute Gasteiger partial charge is 0.315 e. The van der Waals surface area contributed by atoms with Crippen molar-refractivity contribution in [3.05, 3.63) is 59.4 Å². The van der Waals surface area contributed by atoms with Gasteiger partial charge in [-0.3, -0.25) is 4.79 Å². The van der Waals surface area contributed by atoms with Crippen LogP contribution in [0.25, 0.3) is 0 Å². The molecule has 2 N–H and O–H groups in total. The van der Waals surface area contributed by atoms with Gasteiger partial charge in [-0.15, -0.1) is 0 Å². The fourth-order valence-corrected chi connectivity index (χ4v) is 4.66. The lowest BCUT2D eigenvalue weighted by Gasteiger charge is -2.35. The molecule has 32 heavy (non-hydrogen) atoms. The standard InChI is InChI=1S/C25H30FN3O3/c1-32-22-11-4-17(5-12-22)16-27-25(31)28-21-9-6-18(7-10-21)24(30)29-14-2-3-19-15-20(26)8-13-23(19)29/h4-5,8,11-13,15,18,21H,2-3,6-7,9-10,14,16H2,1H3,(H2,27,28,31). The van der Waals surface area contributed by atoms with E-state index in [1.807, 2.05) is 29.2 Å². The van der Waals surface area contributed by atoms with Gasteiger partial charge in [-0.25, -0.2) is 9.18 Å². The summed E-state index contributed by atoms with van der Waals surface area (Å²) < 4.78 is 18.7. The maximum atomic E-state index is 13.6. The first kappa shape index (κ1) is 22.1.